The first-order valence-electron chi connectivity index (χ1n) is 9.50. The third-order valence-electron chi connectivity index (χ3n) is 5.46. The van der Waals surface area contributed by atoms with Crippen LogP contribution in [0.3, 0.4) is 0 Å². The van der Waals surface area contributed by atoms with Gasteiger partial charge in [-0.25, -0.2) is 0 Å². The molecular formula is C23H28O3. The van der Waals surface area contributed by atoms with E-state index in [0.29, 0.717) is 12.8 Å². The Kier molecular flexibility index (Phi) is 5.31. The van der Waals surface area contributed by atoms with Crippen molar-refractivity contribution >= 4 is 5.78 Å². The van der Waals surface area contributed by atoms with Crippen LogP contribution in [0.15, 0.2) is 60.7 Å². The van der Waals surface area contributed by atoms with Crippen LogP contribution in [0.1, 0.15) is 51.7 Å². The van der Waals surface area contributed by atoms with E-state index in [2.05, 4.69) is 0 Å². The molecular weight excluding hydrogens is 324 g/mol. The zero-order valence-electron chi connectivity index (χ0n) is 16.1. The van der Waals surface area contributed by atoms with Crippen LogP contribution in [0.4, 0.5) is 0 Å². The van der Waals surface area contributed by atoms with Crippen molar-refractivity contribution in [3.05, 3.63) is 71.8 Å². The lowest BCUT2D eigenvalue weighted by Crippen LogP contribution is -2.45. The smallest absolute Gasteiger partial charge is 0.184 e. The van der Waals surface area contributed by atoms with E-state index in [1.807, 2.05) is 88.4 Å². The summed E-state index contributed by atoms with van der Waals surface area (Å²) in [5.74, 6) is 0.0954. The largest absolute Gasteiger partial charge is 0.348 e. The summed E-state index contributed by atoms with van der Waals surface area (Å²) in [4.78, 5) is 14.0. The van der Waals surface area contributed by atoms with E-state index in [1.165, 1.54) is 0 Å². The van der Waals surface area contributed by atoms with Gasteiger partial charge in [0.2, 0.25) is 0 Å². The van der Waals surface area contributed by atoms with Gasteiger partial charge in [-0.3, -0.25) is 4.79 Å². The summed E-state index contributed by atoms with van der Waals surface area (Å²) in [6.07, 6.45) is 0.554. The van der Waals surface area contributed by atoms with Gasteiger partial charge in [-0.2, -0.15) is 0 Å². The van der Waals surface area contributed by atoms with Crippen molar-refractivity contribution in [2.75, 3.05) is 0 Å². The zero-order chi connectivity index (χ0) is 18.8. The highest BCUT2D eigenvalue weighted by Gasteiger charge is 2.64. The van der Waals surface area contributed by atoms with Crippen molar-refractivity contribution in [3.63, 3.8) is 0 Å². The molecule has 1 saturated heterocycles. The molecule has 0 amide bonds. The number of benzene rings is 2. The van der Waals surface area contributed by atoms with Crippen molar-refractivity contribution in [2.45, 2.75) is 63.9 Å². The zero-order valence-corrected chi connectivity index (χ0v) is 16.1. The molecule has 3 nitrogen and oxygen atoms in total. The molecule has 1 aliphatic rings. The minimum absolute atomic E-state index is 0.0362. The summed E-state index contributed by atoms with van der Waals surface area (Å²) >= 11 is 0. The number of ether oxygens (including phenoxy) is 2. The minimum atomic E-state index is -0.979. The van der Waals surface area contributed by atoms with Crippen LogP contribution in [0.2, 0.25) is 0 Å². The van der Waals surface area contributed by atoms with E-state index in [0.717, 1.165) is 11.1 Å². The number of carbonyl (C=O) groups excluding carboxylic acids is 1. The maximum atomic E-state index is 14.0. The second-order valence-corrected chi connectivity index (χ2v) is 7.20. The number of Topliss-reactive ketones (excluding diaryl/α,β-unsaturated/α-hetero) is 1. The highest BCUT2D eigenvalue weighted by atomic mass is 16.7. The number of rotatable bonds is 6. The average Bonchev–Trinajstić information content (AvgIpc) is 2.92. The Hall–Kier alpha value is -1.97. The van der Waals surface area contributed by atoms with Gasteiger partial charge in [0.1, 0.15) is 5.41 Å². The van der Waals surface area contributed by atoms with Crippen LogP contribution in [0.25, 0.3) is 0 Å². The van der Waals surface area contributed by atoms with Crippen LogP contribution in [-0.2, 0) is 25.3 Å². The SMILES string of the molecule is CC[C@]1(c2ccccc2)OC(OC(C)C)[C@@](CC)(c2ccccc2)C1=O. The van der Waals surface area contributed by atoms with Gasteiger partial charge in [-0.15, -0.1) is 0 Å². The third-order valence-corrected chi connectivity index (χ3v) is 5.46. The van der Waals surface area contributed by atoms with Crippen LogP contribution < -0.4 is 0 Å². The third kappa shape index (κ3) is 2.80. The summed E-state index contributed by atoms with van der Waals surface area (Å²) in [6, 6.07) is 19.8. The van der Waals surface area contributed by atoms with Gasteiger partial charge >= 0.3 is 0 Å². The van der Waals surface area contributed by atoms with Gasteiger partial charge in [0, 0.05) is 0 Å². The molecule has 26 heavy (non-hydrogen) atoms. The van der Waals surface area contributed by atoms with E-state index in [-0.39, 0.29) is 11.9 Å². The van der Waals surface area contributed by atoms with Crippen LogP contribution in [0.5, 0.6) is 0 Å². The Bertz CT molecular complexity index is 741. The molecule has 3 rings (SSSR count). The molecule has 138 valence electrons. The molecule has 2 aromatic rings. The number of ketones is 1. The van der Waals surface area contributed by atoms with Crippen LogP contribution in [0, 0.1) is 0 Å². The van der Waals surface area contributed by atoms with Gasteiger partial charge in [-0.1, -0.05) is 74.5 Å². The predicted molar refractivity (Wildman–Crippen MR) is 103 cm³/mol. The fourth-order valence-electron chi connectivity index (χ4n) is 4.08. The van der Waals surface area contributed by atoms with Gasteiger partial charge in [-0.05, 0) is 37.8 Å². The Morgan fingerprint density at radius 1 is 0.923 bits per heavy atom. The maximum absolute atomic E-state index is 14.0. The summed E-state index contributed by atoms with van der Waals surface area (Å²) in [7, 11) is 0. The van der Waals surface area contributed by atoms with Gasteiger partial charge < -0.3 is 9.47 Å². The first kappa shape index (κ1) is 18.8. The highest BCUT2D eigenvalue weighted by Crippen LogP contribution is 2.52. The first-order chi connectivity index (χ1) is 12.5. The summed E-state index contributed by atoms with van der Waals surface area (Å²) in [6.45, 7) is 8.01. The quantitative estimate of drug-likeness (QED) is 0.735. The first-order valence-corrected chi connectivity index (χ1v) is 9.50. The normalized spacial score (nSPS) is 28.7. The summed E-state index contributed by atoms with van der Waals surface area (Å²) in [5, 5.41) is 0. The predicted octanol–water partition coefficient (Wildman–Crippen LogP) is 4.99. The lowest BCUT2D eigenvalue weighted by Gasteiger charge is -2.32. The van der Waals surface area contributed by atoms with Crippen molar-refractivity contribution in [3.8, 4) is 0 Å². The van der Waals surface area contributed by atoms with E-state index in [1.54, 1.807) is 0 Å². The fraction of sp³-hybridized carbons (Fsp3) is 0.435. The summed E-state index contributed by atoms with van der Waals surface area (Å²) in [5.41, 5.74) is 0.0739. The molecule has 0 saturated carbocycles. The Labute approximate surface area is 156 Å². The Balaban J connectivity index is 2.20. The number of hydrogen-bond donors (Lipinski definition) is 0. The number of hydrogen-bond acceptors (Lipinski definition) is 3. The minimum Gasteiger partial charge on any atom is -0.348 e. The van der Waals surface area contributed by atoms with Gasteiger partial charge in [0.15, 0.2) is 17.7 Å². The molecule has 0 radical (unpaired) electrons. The molecule has 1 aliphatic heterocycles. The second-order valence-electron chi connectivity index (χ2n) is 7.20. The van der Waals surface area contributed by atoms with Crippen LogP contribution >= 0.6 is 0 Å². The van der Waals surface area contributed by atoms with Crippen molar-refractivity contribution in [2.24, 2.45) is 0 Å². The average molecular weight is 352 g/mol. The lowest BCUT2D eigenvalue weighted by atomic mass is 9.69. The second kappa shape index (κ2) is 7.34. The van der Waals surface area contributed by atoms with Gasteiger partial charge in [0.25, 0.3) is 0 Å². The molecule has 0 aliphatic carbocycles. The highest BCUT2D eigenvalue weighted by molar-refractivity contribution is 6.00. The molecule has 0 aromatic heterocycles. The molecule has 0 spiro atoms. The molecule has 0 N–H and O–H groups in total. The Morgan fingerprint density at radius 3 is 1.92 bits per heavy atom. The molecule has 3 atom stereocenters. The van der Waals surface area contributed by atoms with E-state index in [9.17, 15) is 4.79 Å². The number of carbonyl (C=O) groups is 1. The molecule has 3 heteroatoms. The topological polar surface area (TPSA) is 35.5 Å². The maximum Gasteiger partial charge on any atom is 0.184 e. The summed E-state index contributed by atoms with van der Waals surface area (Å²) < 4.78 is 12.7. The fourth-order valence-corrected chi connectivity index (χ4v) is 4.08. The molecule has 1 fully saturated rings. The standard InChI is InChI=1S/C23H28O3/c1-5-22(18-13-9-7-10-14-18)20(24)23(6-2,19-15-11-8-12-16-19)26-21(22)25-17(3)4/h7-17,21H,5-6H2,1-4H3/t21?,22-,23+/m0/s1. The van der Waals surface area contributed by atoms with Crippen molar-refractivity contribution in [1.82, 2.24) is 0 Å². The molecule has 1 unspecified atom stereocenters. The van der Waals surface area contributed by atoms with Gasteiger partial charge in [0.05, 0.1) is 6.10 Å². The monoisotopic (exact) mass is 352 g/mol. The van der Waals surface area contributed by atoms with Crippen LogP contribution in [-0.4, -0.2) is 18.2 Å². The Morgan fingerprint density at radius 2 is 1.46 bits per heavy atom. The molecule has 2 aromatic carbocycles. The molecule has 0 bridgehead atoms. The van der Waals surface area contributed by atoms with E-state index < -0.39 is 17.3 Å². The van der Waals surface area contributed by atoms with Crippen molar-refractivity contribution < 1.29 is 14.3 Å². The lowest BCUT2D eigenvalue weighted by molar-refractivity contribution is -0.205. The van der Waals surface area contributed by atoms with E-state index in [4.69, 9.17) is 9.47 Å². The molecule has 1 heterocycles. The van der Waals surface area contributed by atoms with Crippen molar-refractivity contribution in [1.29, 1.82) is 0 Å². The van der Waals surface area contributed by atoms with E-state index >= 15 is 0 Å².